The van der Waals surface area contributed by atoms with E-state index in [2.05, 4.69) is 30.5 Å². The van der Waals surface area contributed by atoms with Crippen LogP contribution in [0, 0.1) is 6.92 Å². The lowest BCUT2D eigenvalue weighted by atomic mass is 10.0. The predicted octanol–water partition coefficient (Wildman–Crippen LogP) is 2.71. The number of thiophene rings is 1. The molecule has 0 saturated heterocycles. The van der Waals surface area contributed by atoms with E-state index in [4.69, 9.17) is 5.73 Å². The molecule has 0 saturated carbocycles. The first-order valence-electron chi connectivity index (χ1n) is 4.48. The highest BCUT2D eigenvalue weighted by Crippen LogP contribution is 2.26. The zero-order valence-corrected chi connectivity index (χ0v) is 8.53. The highest BCUT2D eigenvalue weighted by Gasteiger charge is 2.03. The molecule has 0 spiro atoms. The van der Waals surface area contributed by atoms with Gasteiger partial charge < -0.3 is 5.73 Å². The van der Waals surface area contributed by atoms with E-state index in [-0.39, 0.29) is 0 Å². The van der Waals surface area contributed by atoms with Gasteiger partial charge in [0.15, 0.2) is 0 Å². The molecule has 13 heavy (non-hydrogen) atoms. The largest absolute Gasteiger partial charge is 0.330 e. The number of benzene rings is 1. The summed E-state index contributed by atoms with van der Waals surface area (Å²) in [5.41, 5.74) is 8.34. The Balaban J connectivity index is 2.59. The van der Waals surface area contributed by atoms with Crippen LogP contribution >= 0.6 is 11.3 Å². The Hall–Kier alpha value is -0.860. The van der Waals surface area contributed by atoms with Crippen molar-refractivity contribution in [3.05, 3.63) is 34.7 Å². The third-order valence-corrected chi connectivity index (χ3v) is 3.45. The van der Waals surface area contributed by atoms with Crippen molar-refractivity contribution in [2.75, 3.05) is 6.54 Å². The average Bonchev–Trinajstić information content (AvgIpc) is 2.58. The first kappa shape index (κ1) is 8.73. The van der Waals surface area contributed by atoms with Gasteiger partial charge in [-0.3, -0.25) is 0 Å². The number of aryl methyl sites for hydroxylation is 1. The van der Waals surface area contributed by atoms with Crippen molar-refractivity contribution in [1.82, 2.24) is 0 Å². The van der Waals surface area contributed by atoms with Crippen LogP contribution in [0.15, 0.2) is 23.6 Å². The van der Waals surface area contributed by atoms with Gasteiger partial charge in [0.25, 0.3) is 0 Å². The Kier molecular flexibility index (Phi) is 2.34. The standard InChI is InChI=1S/C11H13NS/c1-8-9(4-6-12)2-3-10-5-7-13-11(8)10/h2-3,5,7H,4,6,12H2,1H3. The smallest absolute Gasteiger partial charge is 0.0374 e. The summed E-state index contributed by atoms with van der Waals surface area (Å²) in [6.45, 7) is 2.92. The zero-order chi connectivity index (χ0) is 9.26. The fourth-order valence-electron chi connectivity index (χ4n) is 1.64. The van der Waals surface area contributed by atoms with Crippen molar-refractivity contribution >= 4 is 21.4 Å². The first-order chi connectivity index (χ1) is 6.33. The van der Waals surface area contributed by atoms with Gasteiger partial charge in [-0.1, -0.05) is 12.1 Å². The summed E-state index contributed by atoms with van der Waals surface area (Å²) in [6, 6.07) is 6.54. The van der Waals surface area contributed by atoms with Crippen molar-refractivity contribution in [2.45, 2.75) is 13.3 Å². The molecule has 0 atom stereocenters. The summed E-state index contributed by atoms with van der Waals surface area (Å²) in [5, 5.41) is 3.49. The van der Waals surface area contributed by atoms with Crippen LogP contribution in [0.1, 0.15) is 11.1 Å². The van der Waals surface area contributed by atoms with Crippen molar-refractivity contribution in [1.29, 1.82) is 0 Å². The Labute approximate surface area is 82.2 Å². The summed E-state index contributed by atoms with van der Waals surface area (Å²) in [5.74, 6) is 0. The van der Waals surface area contributed by atoms with Crippen LogP contribution in [0.4, 0.5) is 0 Å². The molecule has 1 heterocycles. The third kappa shape index (κ3) is 1.47. The number of rotatable bonds is 2. The van der Waals surface area contributed by atoms with Crippen LogP contribution in [0.25, 0.3) is 10.1 Å². The molecule has 0 aliphatic carbocycles. The number of fused-ring (bicyclic) bond motifs is 1. The topological polar surface area (TPSA) is 26.0 Å². The zero-order valence-electron chi connectivity index (χ0n) is 7.71. The van der Waals surface area contributed by atoms with Gasteiger partial charge in [-0.2, -0.15) is 0 Å². The molecule has 0 unspecified atom stereocenters. The van der Waals surface area contributed by atoms with E-state index in [1.165, 1.54) is 21.2 Å². The third-order valence-electron chi connectivity index (χ3n) is 2.40. The number of hydrogen-bond donors (Lipinski definition) is 1. The van der Waals surface area contributed by atoms with Gasteiger partial charge in [0, 0.05) is 4.70 Å². The van der Waals surface area contributed by atoms with Crippen LogP contribution in [0.2, 0.25) is 0 Å². The molecule has 0 bridgehead atoms. The maximum atomic E-state index is 5.55. The van der Waals surface area contributed by atoms with Gasteiger partial charge in [-0.15, -0.1) is 11.3 Å². The minimum Gasteiger partial charge on any atom is -0.330 e. The fraction of sp³-hybridized carbons (Fsp3) is 0.273. The normalized spacial score (nSPS) is 10.9. The summed E-state index contributed by atoms with van der Waals surface area (Å²) < 4.78 is 1.41. The van der Waals surface area contributed by atoms with Gasteiger partial charge in [0.1, 0.15) is 0 Å². The van der Waals surface area contributed by atoms with Gasteiger partial charge in [-0.05, 0) is 47.8 Å². The lowest BCUT2D eigenvalue weighted by molar-refractivity contribution is 0.962. The van der Waals surface area contributed by atoms with Crippen molar-refractivity contribution < 1.29 is 0 Å². The second-order valence-electron chi connectivity index (χ2n) is 3.23. The van der Waals surface area contributed by atoms with Crippen LogP contribution < -0.4 is 5.73 Å². The summed E-state index contributed by atoms with van der Waals surface area (Å²) in [6.07, 6.45) is 0.986. The summed E-state index contributed by atoms with van der Waals surface area (Å²) in [7, 11) is 0. The Bertz CT molecular complexity index is 417. The molecule has 1 nitrogen and oxygen atoms in total. The lowest BCUT2D eigenvalue weighted by Crippen LogP contribution is -2.03. The van der Waals surface area contributed by atoms with Crippen LogP contribution in [0.5, 0.6) is 0 Å². The Morgan fingerprint density at radius 1 is 1.31 bits per heavy atom. The maximum absolute atomic E-state index is 5.55. The van der Waals surface area contributed by atoms with E-state index in [1.54, 1.807) is 0 Å². The Morgan fingerprint density at radius 3 is 2.92 bits per heavy atom. The molecule has 0 fully saturated rings. The van der Waals surface area contributed by atoms with Crippen LogP contribution in [-0.2, 0) is 6.42 Å². The lowest BCUT2D eigenvalue weighted by Gasteiger charge is -2.04. The van der Waals surface area contributed by atoms with E-state index < -0.39 is 0 Å². The van der Waals surface area contributed by atoms with E-state index in [1.807, 2.05) is 11.3 Å². The fourth-order valence-corrected chi connectivity index (χ4v) is 2.57. The monoisotopic (exact) mass is 191 g/mol. The maximum Gasteiger partial charge on any atom is 0.0374 e. The van der Waals surface area contributed by atoms with Crippen molar-refractivity contribution in [3.8, 4) is 0 Å². The van der Waals surface area contributed by atoms with Gasteiger partial charge in [0.05, 0.1) is 0 Å². The van der Waals surface area contributed by atoms with Gasteiger partial charge >= 0.3 is 0 Å². The summed E-state index contributed by atoms with van der Waals surface area (Å²) in [4.78, 5) is 0. The molecule has 2 aromatic rings. The van der Waals surface area contributed by atoms with E-state index in [0.29, 0.717) is 0 Å². The quantitative estimate of drug-likeness (QED) is 0.776. The van der Waals surface area contributed by atoms with Crippen molar-refractivity contribution in [3.63, 3.8) is 0 Å². The molecular weight excluding hydrogens is 178 g/mol. The van der Waals surface area contributed by atoms with Gasteiger partial charge in [0.2, 0.25) is 0 Å². The van der Waals surface area contributed by atoms with E-state index in [0.717, 1.165) is 13.0 Å². The number of nitrogens with two attached hydrogens (primary N) is 1. The molecule has 0 amide bonds. The molecule has 0 aliphatic rings. The molecule has 1 aromatic carbocycles. The molecule has 2 heteroatoms. The molecule has 2 N–H and O–H groups in total. The van der Waals surface area contributed by atoms with Crippen LogP contribution in [0.3, 0.4) is 0 Å². The second kappa shape index (κ2) is 3.48. The molecule has 0 radical (unpaired) electrons. The van der Waals surface area contributed by atoms with Crippen LogP contribution in [-0.4, -0.2) is 6.54 Å². The average molecular weight is 191 g/mol. The molecule has 68 valence electrons. The van der Waals surface area contributed by atoms with E-state index >= 15 is 0 Å². The molecule has 2 rings (SSSR count). The van der Waals surface area contributed by atoms with Gasteiger partial charge in [-0.25, -0.2) is 0 Å². The minimum absolute atomic E-state index is 0.734. The van der Waals surface area contributed by atoms with E-state index in [9.17, 15) is 0 Å². The molecule has 1 aromatic heterocycles. The molecular formula is C11H13NS. The van der Waals surface area contributed by atoms with Crippen molar-refractivity contribution in [2.24, 2.45) is 5.73 Å². The predicted molar refractivity (Wildman–Crippen MR) is 59.3 cm³/mol. The SMILES string of the molecule is Cc1c(CCN)ccc2ccsc12. The summed E-state index contributed by atoms with van der Waals surface area (Å²) >= 11 is 1.81. The Morgan fingerprint density at radius 2 is 2.15 bits per heavy atom. The highest BCUT2D eigenvalue weighted by molar-refractivity contribution is 7.17. The first-order valence-corrected chi connectivity index (χ1v) is 5.36. The number of hydrogen-bond acceptors (Lipinski definition) is 2. The second-order valence-corrected chi connectivity index (χ2v) is 4.14. The minimum atomic E-state index is 0.734. The highest BCUT2D eigenvalue weighted by atomic mass is 32.1. The molecule has 0 aliphatic heterocycles.